The quantitative estimate of drug-likeness (QED) is 0.701. The fourth-order valence-electron chi connectivity index (χ4n) is 2.19. The maximum absolute atomic E-state index is 12.4. The molecule has 0 radical (unpaired) electrons. The summed E-state index contributed by atoms with van der Waals surface area (Å²) in [6, 6.07) is 6.64. The van der Waals surface area contributed by atoms with Crippen LogP contribution in [0.4, 0.5) is 5.69 Å². The molecule has 6 nitrogen and oxygen atoms in total. The van der Waals surface area contributed by atoms with Crippen molar-refractivity contribution in [2.45, 2.75) is 32.4 Å². The van der Waals surface area contributed by atoms with E-state index in [0.29, 0.717) is 24.1 Å². The number of hydrogen-bond acceptors (Lipinski definition) is 4. The predicted molar refractivity (Wildman–Crippen MR) is 84.0 cm³/mol. The van der Waals surface area contributed by atoms with Crippen molar-refractivity contribution in [1.82, 2.24) is 0 Å². The molecule has 5 N–H and O–H groups in total. The Balaban J connectivity index is 2.93. The van der Waals surface area contributed by atoms with Gasteiger partial charge in [-0.2, -0.15) is 0 Å². The standard InChI is InChI=1S/C14H23N3O3S/c1-3-14(4-2,10-15)13(18)17-12-7-5-6-11(8-12)9-21(16,19)20/h5-8H,3-4,9-10,15H2,1-2H3,(H,17,18)(H2,16,19,20). The van der Waals surface area contributed by atoms with Crippen LogP contribution in [0.5, 0.6) is 0 Å². The van der Waals surface area contributed by atoms with Gasteiger partial charge >= 0.3 is 0 Å². The Labute approximate surface area is 126 Å². The second kappa shape index (κ2) is 7.02. The molecule has 1 aromatic carbocycles. The normalized spacial score (nSPS) is 12.2. The maximum atomic E-state index is 12.4. The predicted octanol–water partition coefficient (Wildman–Crippen LogP) is 1.18. The molecule has 0 saturated heterocycles. The van der Waals surface area contributed by atoms with Gasteiger partial charge in [0.25, 0.3) is 0 Å². The van der Waals surface area contributed by atoms with Crippen molar-refractivity contribution in [3.05, 3.63) is 29.8 Å². The van der Waals surface area contributed by atoms with Crippen LogP contribution in [0.3, 0.4) is 0 Å². The number of primary sulfonamides is 1. The first-order valence-electron chi connectivity index (χ1n) is 6.87. The lowest BCUT2D eigenvalue weighted by molar-refractivity contribution is -0.125. The van der Waals surface area contributed by atoms with Crippen molar-refractivity contribution in [2.24, 2.45) is 16.3 Å². The van der Waals surface area contributed by atoms with E-state index >= 15 is 0 Å². The maximum Gasteiger partial charge on any atom is 0.231 e. The second-order valence-corrected chi connectivity index (χ2v) is 6.77. The smallest absolute Gasteiger partial charge is 0.231 e. The van der Waals surface area contributed by atoms with Crippen molar-refractivity contribution < 1.29 is 13.2 Å². The Morgan fingerprint density at radius 1 is 1.29 bits per heavy atom. The van der Waals surface area contributed by atoms with Crippen LogP contribution in [0.25, 0.3) is 0 Å². The van der Waals surface area contributed by atoms with Gasteiger partial charge in [-0.05, 0) is 30.5 Å². The Kier molecular flexibility index (Phi) is 5.88. The fraction of sp³-hybridized carbons (Fsp3) is 0.500. The number of carbonyl (C=O) groups is 1. The van der Waals surface area contributed by atoms with E-state index in [-0.39, 0.29) is 18.2 Å². The SMILES string of the molecule is CCC(CC)(CN)C(=O)Nc1cccc(CS(N)(=O)=O)c1. The minimum atomic E-state index is -3.60. The molecule has 1 aromatic rings. The van der Waals surface area contributed by atoms with Gasteiger partial charge in [0.2, 0.25) is 15.9 Å². The molecule has 21 heavy (non-hydrogen) atoms. The number of nitrogens with two attached hydrogens (primary N) is 2. The van der Waals surface area contributed by atoms with E-state index in [1.54, 1.807) is 24.3 Å². The first-order chi connectivity index (χ1) is 9.76. The number of rotatable bonds is 7. The van der Waals surface area contributed by atoms with Crippen LogP contribution in [-0.4, -0.2) is 20.9 Å². The Hall–Kier alpha value is -1.44. The van der Waals surface area contributed by atoms with Crippen LogP contribution >= 0.6 is 0 Å². The second-order valence-electron chi connectivity index (χ2n) is 5.15. The van der Waals surface area contributed by atoms with E-state index in [1.807, 2.05) is 13.8 Å². The Bertz CT molecular complexity index is 587. The van der Waals surface area contributed by atoms with Crippen LogP contribution in [0.2, 0.25) is 0 Å². The molecule has 0 atom stereocenters. The summed E-state index contributed by atoms with van der Waals surface area (Å²) in [5.74, 6) is -0.414. The number of benzene rings is 1. The molecule has 0 heterocycles. The molecule has 0 saturated carbocycles. The molecular formula is C14H23N3O3S. The molecule has 1 rings (SSSR count). The monoisotopic (exact) mass is 313 g/mol. The third-order valence-corrected chi connectivity index (χ3v) is 4.51. The zero-order valence-corrected chi connectivity index (χ0v) is 13.2. The summed E-state index contributed by atoms with van der Waals surface area (Å²) in [5, 5.41) is 7.83. The molecular weight excluding hydrogens is 290 g/mol. The first kappa shape index (κ1) is 17.6. The van der Waals surface area contributed by atoms with Gasteiger partial charge in [0.05, 0.1) is 11.2 Å². The van der Waals surface area contributed by atoms with E-state index in [1.165, 1.54) is 0 Å². The van der Waals surface area contributed by atoms with Gasteiger partial charge in [0.1, 0.15) is 0 Å². The third kappa shape index (κ3) is 4.80. The van der Waals surface area contributed by atoms with Crippen LogP contribution in [-0.2, 0) is 20.6 Å². The van der Waals surface area contributed by atoms with Crippen molar-refractivity contribution in [1.29, 1.82) is 0 Å². The summed E-state index contributed by atoms with van der Waals surface area (Å²) < 4.78 is 22.2. The van der Waals surface area contributed by atoms with E-state index in [0.717, 1.165) is 0 Å². The molecule has 0 spiro atoms. The number of nitrogens with one attached hydrogen (secondary N) is 1. The molecule has 0 aliphatic rings. The summed E-state index contributed by atoms with van der Waals surface area (Å²) in [6.07, 6.45) is 1.28. The first-order valence-corrected chi connectivity index (χ1v) is 8.59. The van der Waals surface area contributed by atoms with Crippen LogP contribution in [0.1, 0.15) is 32.3 Å². The van der Waals surface area contributed by atoms with Gasteiger partial charge in [-0.1, -0.05) is 26.0 Å². The molecule has 0 aliphatic carbocycles. The minimum Gasteiger partial charge on any atom is -0.329 e. The molecule has 0 bridgehead atoms. The molecule has 0 aromatic heterocycles. The third-order valence-electron chi connectivity index (χ3n) is 3.78. The fourth-order valence-corrected chi connectivity index (χ4v) is 2.83. The van der Waals surface area contributed by atoms with Crippen molar-refractivity contribution in [3.8, 4) is 0 Å². The largest absolute Gasteiger partial charge is 0.329 e. The van der Waals surface area contributed by atoms with Crippen molar-refractivity contribution in [3.63, 3.8) is 0 Å². The van der Waals surface area contributed by atoms with Gasteiger partial charge in [-0.15, -0.1) is 0 Å². The summed E-state index contributed by atoms with van der Waals surface area (Å²) in [6.45, 7) is 4.11. The molecule has 1 amide bonds. The lowest BCUT2D eigenvalue weighted by Gasteiger charge is -2.28. The summed E-state index contributed by atoms with van der Waals surface area (Å²) in [5.41, 5.74) is 6.21. The zero-order valence-electron chi connectivity index (χ0n) is 12.4. The van der Waals surface area contributed by atoms with Gasteiger partial charge in [0, 0.05) is 12.2 Å². The summed E-state index contributed by atoms with van der Waals surface area (Å²) in [4.78, 5) is 12.4. The Morgan fingerprint density at radius 3 is 2.38 bits per heavy atom. The van der Waals surface area contributed by atoms with E-state index in [4.69, 9.17) is 10.9 Å². The molecule has 0 unspecified atom stereocenters. The molecule has 118 valence electrons. The van der Waals surface area contributed by atoms with Crippen LogP contribution < -0.4 is 16.2 Å². The summed E-state index contributed by atoms with van der Waals surface area (Å²) in [7, 11) is -3.60. The lowest BCUT2D eigenvalue weighted by atomic mass is 9.81. The topological polar surface area (TPSA) is 115 Å². The molecule has 0 aliphatic heterocycles. The lowest BCUT2D eigenvalue weighted by Crippen LogP contribution is -2.41. The average molecular weight is 313 g/mol. The van der Waals surface area contributed by atoms with Crippen molar-refractivity contribution >= 4 is 21.6 Å². The van der Waals surface area contributed by atoms with E-state index in [2.05, 4.69) is 5.32 Å². The average Bonchev–Trinajstić information content (AvgIpc) is 2.40. The van der Waals surface area contributed by atoms with E-state index < -0.39 is 15.4 Å². The summed E-state index contributed by atoms with van der Waals surface area (Å²) >= 11 is 0. The Morgan fingerprint density at radius 2 is 1.90 bits per heavy atom. The minimum absolute atomic E-state index is 0.150. The van der Waals surface area contributed by atoms with Gasteiger partial charge in [-0.25, -0.2) is 13.6 Å². The van der Waals surface area contributed by atoms with Gasteiger partial charge in [-0.3, -0.25) is 4.79 Å². The highest BCUT2D eigenvalue weighted by Gasteiger charge is 2.33. The van der Waals surface area contributed by atoms with Crippen LogP contribution in [0, 0.1) is 5.41 Å². The van der Waals surface area contributed by atoms with Gasteiger partial charge < -0.3 is 11.1 Å². The number of carbonyl (C=O) groups excluding carboxylic acids is 1. The number of sulfonamides is 1. The van der Waals surface area contributed by atoms with Crippen LogP contribution in [0.15, 0.2) is 24.3 Å². The highest BCUT2D eigenvalue weighted by Crippen LogP contribution is 2.27. The van der Waals surface area contributed by atoms with Gasteiger partial charge in [0.15, 0.2) is 0 Å². The highest BCUT2D eigenvalue weighted by molar-refractivity contribution is 7.88. The van der Waals surface area contributed by atoms with E-state index in [9.17, 15) is 13.2 Å². The highest BCUT2D eigenvalue weighted by atomic mass is 32.2. The number of hydrogen-bond donors (Lipinski definition) is 3. The zero-order chi connectivity index (χ0) is 16.1. The van der Waals surface area contributed by atoms with Crippen molar-refractivity contribution in [2.75, 3.05) is 11.9 Å². The molecule has 0 fully saturated rings. The number of amides is 1. The number of anilines is 1. The molecule has 7 heteroatoms.